The van der Waals surface area contributed by atoms with Gasteiger partial charge in [-0.25, -0.2) is 4.98 Å². The van der Waals surface area contributed by atoms with Crippen molar-refractivity contribution in [3.05, 3.63) is 17.7 Å². The molecule has 1 amide bonds. The molecule has 0 N–H and O–H groups in total. The first kappa shape index (κ1) is 15.6. The molecule has 0 spiro atoms. The Kier molecular flexibility index (Phi) is 4.55. The summed E-state index contributed by atoms with van der Waals surface area (Å²) >= 11 is 0. The van der Waals surface area contributed by atoms with E-state index in [9.17, 15) is 4.79 Å². The van der Waals surface area contributed by atoms with Crippen molar-refractivity contribution in [2.24, 2.45) is 11.8 Å². The summed E-state index contributed by atoms with van der Waals surface area (Å²) in [6.07, 6.45) is 8.19. The van der Waals surface area contributed by atoms with Crippen molar-refractivity contribution in [2.45, 2.75) is 65.3 Å². The molecule has 1 aromatic rings. The summed E-state index contributed by atoms with van der Waals surface area (Å²) in [7, 11) is 0. The van der Waals surface area contributed by atoms with Crippen molar-refractivity contribution < 1.29 is 4.79 Å². The molecule has 1 aliphatic carbocycles. The average molecular weight is 303 g/mol. The Balaban J connectivity index is 1.49. The van der Waals surface area contributed by atoms with Gasteiger partial charge in [0.2, 0.25) is 5.91 Å². The molecule has 4 nitrogen and oxygen atoms in total. The van der Waals surface area contributed by atoms with Crippen molar-refractivity contribution >= 4 is 5.91 Å². The summed E-state index contributed by atoms with van der Waals surface area (Å²) in [6, 6.07) is 0. The number of imidazole rings is 1. The predicted octanol–water partition coefficient (Wildman–Crippen LogP) is 3.35. The van der Waals surface area contributed by atoms with E-state index in [2.05, 4.69) is 21.4 Å². The molecule has 3 rings (SSSR count). The van der Waals surface area contributed by atoms with Crippen LogP contribution in [0.4, 0.5) is 0 Å². The van der Waals surface area contributed by atoms with Crippen molar-refractivity contribution in [3.63, 3.8) is 0 Å². The maximum atomic E-state index is 12.0. The Morgan fingerprint density at radius 3 is 2.55 bits per heavy atom. The Bertz CT molecular complexity index is 522. The predicted molar refractivity (Wildman–Crippen MR) is 87.7 cm³/mol. The van der Waals surface area contributed by atoms with E-state index in [1.165, 1.54) is 30.8 Å². The van der Waals surface area contributed by atoms with Crippen LogP contribution in [0.1, 0.15) is 63.4 Å². The molecule has 22 heavy (non-hydrogen) atoms. The van der Waals surface area contributed by atoms with Crippen LogP contribution in [0.2, 0.25) is 0 Å². The minimum atomic E-state index is 0.131. The Hall–Kier alpha value is -1.32. The Morgan fingerprint density at radius 2 is 1.95 bits per heavy atom. The van der Waals surface area contributed by atoms with E-state index in [0.717, 1.165) is 44.3 Å². The summed E-state index contributed by atoms with van der Waals surface area (Å²) < 4.78 is 2.43. The molecule has 2 fully saturated rings. The van der Waals surface area contributed by atoms with Gasteiger partial charge in [0.05, 0.1) is 0 Å². The SMILES string of the molecule is Cc1cnc(C2CC2)n1CCC1CCN(C(=O)C(C)C)CC1. The zero-order chi connectivity index (χ0) is 15.7. The van der Waals surface area contributed by atoms with Crippen LogP contribution in [-0.4, -0.2) is 33.4 Å². The average Bonchev–Trinajstić information content (AvgIpc) is 3.29. The van der Waals surface area contributed by atoms with E-state index in [-0.39, 0.29) is 5.92 Å². The van der Waals surface area contributed by atoms with Crippen LogP contribution in [-0.2, 0) is 11.3 Å². The van der Waals surface area contributed by atoms with E-state index in [0.29, 0.717) is 5.91 Å². The first-order valence-electron chi connectivity index (χ1n) is 8.87. The molecule has 0 atom stereocenters. The van der Waals surface area contributed by atoms with Crippen LogP contribution in [0.5, 0.6) is 0 Å². The van der Waals surface area contributed by atoms with Crippen molar-refractivity contribution in [1.29, 1.82) is 0 Å². The van der Waals surface area contributed by atoms with Crippen LogP contribution in [0.25, 0.3) is 0 Å². The fourth-order valence-electron chi connectivity index (χ4n) is 3.56. The lowest BCUT2D eigenvalue weighted by Crippen LogP contribution is -2.40. The van der Waals surface area contributed by atoms with Gasteiger partial charge in [0.1, 0.15) is 5.82 Å². The van der Waals surface area contributed by atoms with Crippen LogP contribution >= 0.6 is 0 Å². The highest BCUT2D eigenvalue weighted by Crippen LogP contribution is 2.39. The summed E-state index contributed by atoms with van der Waals surface area (Å²) in [5.41, 5.74) is 1.30. The molecule has 4 heteroatoms. The first-order valence-corrected chi connectivity index (χ1v) is 8.87. The molecule has 0 bridgehead atoms. The van der Waals surface area contributed by atoms with Gasteiger partial charge < -0.3 is 9.47 Å². The second-order valence-corrected chi connectivity index (χ2v) is 7.40. The second kappa shape index (κ2) is 6.43. The van der Waals surface area contributed by atoms with Crippen molar-refractivity contribution in [2.75, 3.05) is 13.1 Å². The standard InChI is InChI=1S/C18H29N3O/c1-13(2)18(22)20-9-6-15(7-10-20)8-11-21-14(3)12-19-17(21)16-4-5-16/h12-13,15-16H,4-11H2,1-3H3. The zero-order valence-corrected chi connectivity index (χ0v) is 14.2. The molecule has 0 unspecified atom stereocenters. The zero-order valence-electron chi connectivity index (χ0n) is 14.2. The van der Waals surface area contributed by atoms with E-state index in [4.69, 9.17) is 0 Å². The molecule has 1 aliphatic heterocycles. The molecule has 1 saturated carbocycles. The highest BCUT2D eigenvalue weighted by molar-refractivity contribution is 5.78. The summed E-state index contributed by atoms with van der Waals surface area (Å²) in [5.74, 6) is 3.24. The third kappa shape index (κ3) is 3.36. The van der Waals surface area contributed by atoms with E-state index in [1.807, 2.05) is 20.0 Å². The monoisotopic (exact) mass is 303 g/mol. The number of piperidine rings is 1. The number of aromatic nitrogens is 2. The Labute approximate surface area is 133 Å². The van der Waals surface area contributed by atoms with Gasteiger partial charge in [0, 0.05) is 43.4 Å². The van der Waals surface area contributed by atoms with Gasteiger partial charge in [-0.1, -0.05) is 13.8 Å². The first-order chi connectivity index (χ1) is 10.6. The minimum Gasteiger partial charge on any atom is -0.342 e. The van der Waals surface area contributed by atoms with Crippen LogP contribution < -0.4 is 0 Å². The fraction of sp³-hybridized carbons (Fsp3) is 0.778. The quantitative estimate of drug-likeness (QED) is 0.836. The number of amides is 1. The summed E-state index contributed by atoms with van der Waals surface area (Å²) in [4.78, 5) is 18.7. The van der Waals surface area contributed by atoms with Gasteiger partial charge in [-0.2, -0.15) is 0 Å². The lowest BCUT2D eigenvalue weighted by Gasteiger charge is -2.33. The molecular formula is C18H29N3O. The third-order valence-electron chi connectivity index (χ3n) is 5.21. The molecule has 2 heterocycles. The number of likely N-dealkylation sites (tertiary alicyclic amines) is 1. The fourth-order valence-corrected chi connectivity index (χ4v) is 3.56. The lowest BCUT2D eigenvalue weighted by atomic mass is 9.93. The van der Waals surface area contributed by atoms with E-state index >= 15 is 0 Å². The Morgan fingerprint density at radius 1 is 1.27 bits per heavy atom. The number of hydrogen-bond acceptors (Lipinski definition) is 2. The van der Waals surface area contributed by atoms with Gasteiger partial charge in [-0.3, -0.25) is 4.79 Å². The highest BCUT2D eigenvalue weighted by atomic mass is 16.2. The van der Waals surface area contributed by atoms with Crippen molar-refractivity contribution in [1.82, 2.24) is 14.5 Å². The largest absolute Gasteiger partial charge is 0.342 e. The van der Waals surface area contributed by atoms with Gasteiger partial charge in [0.25, 0.3) is 0 Å². The molecule has 0 aromatic carbocycles. The summed E-state index contributed by atoms with van der Waals surface area (Å²) in [5, 5.41) is 0. The number of carbonyl (C=O) groups is 1. The second-order valence-electron chi connectivity index (χ2n) is 7.40. The number of nitrogens with zero attached hydrogens (tertiary/aromatic N) is 3. The van der Waals surface area contributed by atoms with Gasteiger partial charge in [0.15, 0.2) is 0 Å². The summed E-state index contributed by atoms with van der Waals surface area (Å²) in [6.45, 7) is 9.15. The number of rotatable bonds is 5. The molecule has 122 valence electrons. The van der Waals surface area contributed by atoms with Gasteiger partial charge >= 0.3 is 0 Å². The maximum Gasteiger partial charge on any atom is 0.225 e. The third-order valence-corrected chi connectivity index (χ3v) is 5.21. The van der Waals surface area contributed by atoms with E-state index in [1.54, 1.807) is 0 Å². The van der Waals surface area contributed by atoms with Crippen LogP contribution in [0.3, 0.4) is 0 Å². The molecule has 1 saturated heterocycles. The molecule has 2 aliphatic rings. The maximum absolute atomic E-state index is 12.0. The lowest BCUT2D eigenvalue weighted by molar-refractivity contribution is -0.135. The smallest absolute Gasteiger partial charge is 0.225 e. The molecule has 1 aromatic heterocycles. The number of carbonyl (C=O) groups excluding carboxylic acids is 1. The van der Waals surface area contributed by atoms with Crippen LogP contribution in [0, 0.1) is 18.8 Å². The molecular weight excluding hydrogens is 274 g/mol. The molecule has 0 radical (unpaired) electrons. The normalized spacial score (nSPS) is 19.9. The number of hydrogen-bond donors (Lipinski definition) is 0. The minimum absolute atomic E-state index is 0.131. The highest BCUT2D eigenvalue weighted by Gasteiger charge is 2.29. The van der Waals surface area contributed by atoms with Gasteiger partial charge in [-0.05, 0) is 44.9 Å². The van der Waals surface area contributed by atoms with Crippen LogP contribution in [0.15, 0.2) is 6.20 Å². The van der Waals surface area contributed by atoms with E-state index < -0.39 is 0 Å². The van der Waals surface area contributed by atoms with Crippen molar-refractivity contribution in [3.8, 4) is 0 Å². The van der Waals surface area contributed by atoms with Gasteiger partial charge in [-0.15, -0.1) is 0 Å². The number of aryl methyl sites for hydroxylation is 1. The topological polar surface area (TPSA) is 38.1 Å².